The van der Waals surface area contributed by atoms with E-state index >= 15 is 0 Å². The van der Waals surface area contributed by atoms with Crippen LogP contribution in [0.15, 0.2) is 17.1 Å². The number of hydrogen-bond donors (Lipinski definition) is 1. The molecule has 0 amide bonds. The van der Waals surface area contributed by atoms with Gasteiger partial charge in [-0.1, -0.05) is 26.5 Å². The van der Waals surface area contributed by atoms with E-state index in [1.807, 2.05) is 26.8 Å². The van der Waals surface area contributed by atoms with Crippen LogP contribution in [0.3, 0.4) is 0 Å². The number of nitrogens with two attached hydrogens (primary N) is 1. The van der Waals surface area contributed by atoms with Crippen LogP contribution in [-0.4, -0.2) is 4.98 Å². The maximum Gasteiger partial charge on any atom is 0.292 e. The molecule has 13 heavy (non-hydrogen) atoms. The van der Waals surface area contributed by atoms with Gasteiger partial charge >= 0.3 is 0 Å². The summed E-state index contributed by atoms with van der Waals surface area (Å²) < 4.78 is 5.05. The summed E-state index contributed by atoms with van der Waals surface area (Å²) in [4.78, 5) is 3.89. The molecule has 0 saturated heterocycles. The molecule has 1 aromatic rings. The Morgan fingerprint density at radius 3 is 2.54 bits per heavy atom. The second-order valence-corrected chi connectivity index (χ2v) is 2.01. The number of nitrogens with zero attached hydrogens (tertiary/aromatic N) is 1. The highest BCUT2D eigenvalue weighted by molar-refractivity contribution is 5.58. The average Bonchev–Trinajstić information content (AvgIpc) is 2.50. The number of nitrogen functional groups attached to an aromatic ring is 1. The first kappa shape index (κ1) is 11.5. The second-order valence-electron chi connectivity index (χ2n) is 2.01. The fourth-order valence-corrected chi connectivity index (χ4v) is 0.779. The smallest absolute Gasteiger partial charge is 0.292 e. The second kappa shape index (κ2) is 6.06. The molecule has 1 aromatic heterocycles. The number of allylic oxidation sites excluding steroid dienone is 1. The van der Waals surface area contributed by atoms with Gasteiger partial charge < -0.3 is 10.2 Å². The summed E-state index contributed by atoms with van der Waals surface area (Å²) in [6.07, 6.45) is 5.25. The van der Waals surface area contributed by atoms with Crippen molar-refractivity contribution in [2.45, 2.75) is 20.8 Å². The van der Waals surface area contributed by atoms with E-state index in [9.17, 15) is 0 Å². The van der Waals surface area contributed by atoms with Gasteiger partial charge in [0.05, 0.1) is 0 Å². The minimum atomic E-state index is 0.174. The van der Waals surface area contributed by atoms with Crippen LogP contribution in [0.25, 0.3) is 12.2 Å². The van der Waals surface area contributed by atoms with Crippen LogP contribution >= 0.6 is 0 Å². The van der Waals surface area contributed by atoms with Crippen molar-refractivity contribution in [2.75, 3.05) is 5.73 Å². The molecule has 1 heterocycles. The summed E-state index contributed by atoms with van der Waals surface area (Å²) in [6.45, 7) is 9.47. The van der Waals surface area contributed by atoms with Crippen molar-refractivity contribution >= 4 is 18.2 Å². The van der Waals surface area contributed by atoms with Gasteiger partial charge in [-0.3, -0.25) is 0 Å². The molecule has 0 radical (unpaired) electrons. The van der Waals surface area contributed by atoms with Crippen LogP contribution in [0.2, 0.25) is 0 Å². The number of oxazole rings is 1. The first-order valence-electron chi connectivity index (χ1n) is 4.29. The van der Waals surface area contributed by atoms with Crippen molar-refractivity contribution in [1.29, 1.82) is 0 Å². The third-order valence-electron chi connectivity index (χ3n) is 1.21. The first-order valence-corrected chi connectivity index (χ1v) is 4.29. The highest BCUT2D eigenvalue weighted by Crippen LogP contribution is 2.14. The highest BCUT2D eigenvalue weighted by atomic mass is 16.4. The summed E-state index contributed by atoms with van der Waals surface area (Å²) in [6, 6.07) is 0.174. The van der Waals surface area contributed by atoms with E-state index < -0.39 is 0 Å². The topological polar surface area (TPSA) is 52.0 Å². The van der Waals surface area contributed by atoms with E-state index in [-0.39, 0.29) is 6.01 Å². The van der Waals surface area contributed by atoms with E-state index in [1.165, 1.54) is 0 Å². The van der Waals surface area contributed by atoms with Crippen molar-refractivity contribution in [1.82, 2.24) is 4.98 Å². The highest BCUT2D eigenvalue weighted by Gasteiger charge is 2.03. The van der Waals surface area contributed by atoms with Crippen LogP contribution in [0.4, 0.5) is 6.01 Å². The summed E-state index contributed by atoms with van der Waals surface area (Å²) in [7, 11) is 0. The third kappa shape index (κ3) is 3.15. The van der Waals surface area contributed by atoms with Gasteiger partial charge in [0.15, 0.2) is 5.76 Å². The van der Waals surface area contributed by atoms with Gasteiger partial charge in [-0.2, -0.15) is 4.98 Å². The Morgan fingerprint density at radius 2 is 2.08 bits per heavy atom. The van der Waals surface area contributed by atoms with Crippen LogP contribution in [0.1, 0.15) is 32.2 Å². The van der Waals surface area contributed by atoms with Crippen LogP contribution in [0, 0.1) is 0 Å². The van der Waals surface area contributed by atoms with Gasteiger partial charge in [-0.25, -0.2) is 0 Å². The lowest BCUT2D eigenvalue weighted by molar-refractivity contribution is 0.570. The van der Waals surface area contributed by atoms with E-state index in [2.05, 4.69) is 11.6 Å². The normalized spacial score (nSPS) is 9.46. The molecule has 0 spiro atoms. The molecule has 0 saturated carbocycles. The average molecular weight is 180 g/mol. The lowest BCUT2D eigenvalue weighted by Crippen LogP contribution is -1.81. The Hall–Kier alpha value is -1.51. The van der Waals surface area contributed by atoms with E-state index in [1.54, 1.807) is 12.2 Å². The largest absolute Gasteiger partial charge is 0.424 e. The molecule has 0 aliphatic heterocycles. The number of rotatable bonds is 2. The van der Waals surface area contributed by atoms with Crippen LogP contribution in [-0.2, 0) is 0 Å². The predicted molar refractivity (Wildman–Crippen MR) is 57.1 cm³/mol. The summed E-state index contributed by atoms with van der Waals surface area (Å²) in [5, 5.41) is 0. The van der Waals surface area contributed by atoms with Crippen LogP contribution in [0.5, 0.6) is 0 Å². The fraction of sp³-hybridized carbons (Fsp3) is 0.300. The van der Waals surface area contributed by atoms with Crippen molar-refractivity contribution < 1.29 is 4.42 Å². The molecule has 1 rings (SSSR count). The maximum atomic E-state index is 5.33. The Labute approximate surface area is 79.0 Å². The lowest BCUT2D eigenvalue weighted by atomic mass is 10.3. The lowest BCUT2D eigenvalue weighted by Gasteiger charge is -1.83. The van der Waals surface area contributed by atoms with Crippen molar-refractivity contribution in [3.8, 4) is 0 Å². The fourth-order valence-electron chi connectivity index (χ4n) is 0.779. The van der Waals surface area contributed by atoms with Crippen molar-refractivity contribution in [2.24, 2.45) is 0 Å². The number of hydrogen-bond acceptors (Lipinski definition) is 3. The van der Waals surface area contributed by atoms with Gasteiger partial charge in [-0.05, 0) is 19.1 Å². The van der Waals surface area contributed by atoms with Gasteiger partial charge in [-0.15, -0.1) is 0 Å². The molecule has 3 nitrogen and oxygen atoms in total. The number of anilines is 1. The van der Waals surface area contributed by atoms with Gasteiger partial charge in [0.25, 0.3) is 6.01 Å². The molecular formula is C10H16N2O. The monoisotopic (exact) mass is 180 g/mol. The molecule has 2 N–H and O–H groups in total. The van der Waals surface area contributed by atoms with Crippen molar-refractivity contribution in [3.05, 3.63) is 24.1 Å². The molecule has 0 atom stereocenters. The third-order valence-corrected chi connectivity index (χ3v) is 1.21. The minimum Gasteiger partial charge on any atom is -0.424 e. The zero-order chi connectivity index (χ0) is 10.3. The SMILES string of the molecule is C=Cc1nc(N)oc1/C=C\C.CC. The molecule has 0 fully saturated rings. The zero-order valence-electron chi connectivity index (χ0n) is 8.37. The number of aromatic nitrogens is 1. The maximum absolute atomic E-state index is 5.33. The molecule has 0 unspecified atom stereocenters. The van der Waals surface area contributed by atoms with Crippen LogP contribution < -0.4 is 5.73 Å². The Morgan fingerprint density at radius 1 is 1.46 bits per heavy atom. The Kier molecular flexibility index (Phi) is 5.35. The predicted octanol–water partition coefficient (Wildman–Crippen LogP) is 2.96. The quantitative estimate of drug-likeness (QED) is 0.761. The van der Waals surface area contributed by atoms with E-state index in [0.29, 0.717) is 11.5 Å². The Balaban J connectivity index is 0.000000671. The minimum absolute atomic E-state index is 0.174. The standard InChI is InChI=1S/C8H10N2O.C2H6/c1-3-5-7-6(4-2)10-8(9)11-7;1-2/h3-5H,2H2,1H3,(H2,9,10);1-2H3/b5-3-;. The molecule has 0 bridgehead atoms. The summed E-state index contributed by atoms with van der Waals surface area (Å²) in [5.74, 6) is 0.653. The molecule has 0 aliphatic rings. The summed E-state index contributed by atoms with van der Waals surface area (Å²) in [5.41, 5.74) is 6.01. The molecule has 72 valence electrons. The molecule has 0 aliphatic carbocycles. The molecule has 0 aromatic carbocycles. The van der Waals surface area contributed by atoms with E-state index in [4.69, 9.17) is 10.2 Å². The first-order chi connectivity index (χ1) is 6.27. The summed E-state index contributed by atoms with van der Waals surface area (Å²) >= 11 is 0. The van der Waals surface area contributed by atoms with Gasteiger partial charge in [0.2, 0.25) is 0 Å². The van der Waals surface area contributed by atoms with E-state index in [0.717, 1.165) is 0 Å². The Bertz CT molecular complexity index is 287. The van der Waals surface area contributed by atoms with Crippen molar-refractivity contribution in [3.63, 3.8) is 0 Å². The molecular weight excluding hydrogens is 164 g/mol. The van der Waals surface area contributed by atoms with Gasteiger partial charge in [0, 0.05) is 0 Å². The van der Waals surface area contributed by atoms with Gasteiger partial charge in [0.1, 0.15) is 5.69 Å². The molecule has 3 heteroatoms. The zero-order valence-corrected chi connectivity index (χ0v) is 8.37.